The summed E-state index contributed by atoms with van der Waals surface area (Å²) in [6, 6.07) is 6.61. The summed E-state index contributed by atoms with van der Waals surface area (Å²) in [5.41, 5.74) is 1.10. The van der Waals surface area contributed by atoms with Gasteiger partial charge in [0.1, 0.15) is 5.82 Å². The van der Waals surface area contributed by atoms with Gasteiger partial charge in [0.2, 0.25) is 5.91 Å². The molecule has 1 amide bonds. The van der Waals surface area contributed by atoms with Crippen molar-refractivity contribution in [3.8, 4) is 0 Å². The number of carbonyl (C=O) groups excluding carboxylic acids is 1. The number of hydrogen-bond donors (Lipinski definition) is 0. The molecule has 20 heavy (non-hydrogen) atoms. The zero-order valence-electron chi connectivity index (χ0n) is 12.0. The number of rotatable bonds is 6. The summed E-state index contributed by atoms with van der Waals surface area (Å²) in [4.78, 5) is 14.6. The van der Waals surface area contributed by atoms with E-state index in [0.717, 1.165) is 37.4 Å². The van der Waals surface area contributed by atoms with Crippen LogP contribution in [0.3, 0.4) is 0 Å². The van der Waals surface area contributed by atoms with Crippen LogP contribution in [0.4, 0.5) is 4.39 Å². The molecule has 0 bridgehead atoms. The first-order valence-corrected chi connectivity index (χ1v) is 7.73. The number of amides is 1. The fraction of sp³-hybridized carbons (Fsp3) is 0.588. The van der Waals surface area contributed by atoms with Gasteiger partial charge in [0.25, 0.3) is 0 Å². The van der Waals surface area contributed by atoms with E-state index in [4.69, 9.17) is 0 Å². The van der Waals surface area contributed by atoms with E-state index in [1.54, 1.807) is 0 Å². The Bertz CT molecular complexity index is 480. The van der Waals surface area contributed by atoms with Gasteiger partial charge in [-0.25, -0.2) is 4.39 Å². The van der Waals surface area contributed by atoms with Crippen LogP contribution in [0.5, 0.6) is 0 Å². The van der Waals surface area contributed by atoms with Crippen molar-refractivity contribution in [3.63, 3.8) is 0 Å². The summed E-state index contributed by atoms with van der Waals surface area (Å²) < 4.78 is 12.9. The molecule has 0 aliphatic heterocycles. The second-order valence-corrected chi connectivity index (χ2v) is 6.23. The molecular formula is C17H22FNO. The SMILES string of the molecule is CCCN(CC1CC1)C(=O)C1CC1c1ccc(F)cc1. The summed E-state index contributed by atoms with van der Waals surface area (Å²) in [6.07, 6.45) is 4.50. The standard InChI is InChI=1S/C17H22FNO/c1-2-9-19(11-12-3-4-12)17(20)16-10-15(16)13-5-7-14(18)8-6-13/h5-8,12,15-16H,2-4,9-11H2,1H3. The van der Waals surface area contributed by atoms with Gasteiger partial charge >= 0.3 is 0 Å². The normalized spacial score (nSPS) is 24.5. The molecule has 0 heterocycles. The predicted octanol–water partition coefficient (Wildman–Crippen LogP) is 3.58. The van der Waals surface area contributed by atoms with Crippen molar-refractivity contribution < 1.29 is 9.18 Å². The van der Waals surface area contributed by atoms with Crippen LogP contribution in [-0.2, 0) is 4.79 Å². The molecule has 2 atom stereocenters. The Morgan fingerprint density at radius 2 is 2.00 bits per heavy atom. The van der Waals surface area contributed by atoms with Crippen LogP contribution in [0.25, 0.3) is 0 Å². The summed E-state index contributed by atoms with van der Waals surface area (Å²) >= 11 is 0. The maximum Gasteiger partial charge on any atom is 0.226 e. The van der Waals surface area contributed by atoms with Crippen LogP contribution in [0.1, 0.15) is 44.1 Å². The van der Waals surface area contributed by atoms with Crippen molar-refractivity contribution in [2.75, 3.05) is 13.1 Å². The highest BCUT2D eigenvalue weighted by molar-refractivity contribution is 5.83. The van der Waals surface area contributed by atoms with E-state index in [2.05, 4.69) is 11.8 Å². The van der Waals surface area contributed by atoms with E-state index in [1.807, 2.05) is 12.1 Å². The Morgan fingerprint density at radius 3 is 2.60 bits per heavy atom. The molecule has 1 aromatic rings. The summed E-state index contributed by atoms with van der Waals surface area (Å²) in [7, 11) is 0. The summed E-state index contributed by atoms with van der Waals surface area (Å²) in [5, 5.41) is 0. The predicted molar refractivity (Wildman–Crippen MR) is 76.8 cm³/mol. The lowest BCUT2D eigenvalue weighted by atomic mass is 10.1. The Balaban J connectivity index is 1.61. The minimum absolute atomic E-state index is 0.130. The van der Waals surface area contributed by atoms with Crippen molar-refractivity contribution >= 4 is 5.91 Å². The molecule has 3 heteroatoms. The minimum Gasteiger partial charge on any atom is -0.342 e. The van der Waals surface area contributed by atoms with Gasteiger partial charge in [-0.05, 0) is 55.2 Å². The third kappa shape index (κ3) is 3.02. The fourth-order valence-corrected chi connectivity index (χ4v) is 2.95. The third-order valence-corrected chi connectivity index (χ3v) is 4.39. The average Bonchev–Trinajstić information content (AvgIpc) is 3.33. The molecule has 1 aromatic carbocycles. The van der Waals surface area contributed by atoms with Crippen LogP contribution in [-0.4, -0.2) is 23.9 Å². The fourth-order valence-electron chi connectivity index (χ4n) is 2.95. The first-order valence-electron chi connectivity index (χ1n) is 7.73. The van der Waals surface area contributed by atoms with Crippen molar-refractivity contribution in [1.29, 1.82) is 0 Å². The number of nitrogens with zero attached hydrogens (tertiary/aromatic N) is 1. The lowest BCUT2D eigenvalue weighted by Crippen LogP contribution is -2.35. The first-order chi connectivity index (χ1) is 9.69. The first kappa shape index (κ1) is 13.6. The zero-order valence-corrected chi connectivity index (χ0v) is 12.0. The van der Waals surface area contributed by atoms with Gasteiger partial charge in [-0.15, -0.1) is 0 Å². The number of carbonyl (C=O) groups is 1. The van der Waals surface area contributed by atoms with E-state index >= 15 is 0 Å². The quantitative estimate of drug-likeness (QED) is 0.777. The smallest absolute Gasteiger partial charge is 0.226 e. The third-order valence-electron chi connectivity index (χ3n) is 4.39. The van der Waals surface area contributed by atoms with E-state index < -0.39 is 0 Å². The highest BCUT2D eigenvalue weighted by Crippen LogP contribution is 2.48. The van der Waals surface area contributed by atoms with Crippen LogP contribution in [0.2, 0.25) is 0 Å². The topological polar surface area (TPSA) is 20.3 Å². The minimum atomic E-state index is -0.210. The van der Waals surface area contributed by atoms with E-state index in [-0.39, 0.29) is 11.7 Å². The Labute approximate surface area is 120 Å². The second-order valence-electron chi connectivity index (χ2n) is 6.23. The molecule has 0 spiro atoms. The number of benzene rings is 1. The molecule has 2 saturated carbocycles. The van der Waals surface area contributed by atoms with Crippen LogP contribution >= 0.6 is 0 Å². The Kier molecular flexibility index (Phi) is 3.77. The van der Waals surface area contributed by atoms with Crippen molar-refractivity contribution in [2.45, 2.75) is 38.5 Å². The van der Waals surface area contributed by atoms with Gasteiger partial charge < -0.3 is 4.90 Å². The number of hydrogen-bond acceptors (Lipinski definition) is 1. The lowest BCUT2D eigenvalue weighted by Gasteiger charge is -2.22. The molecule has 0 radical (unpaired) electrons. The molecule has 108 valence electrons. The number of halogens is 1. The van der Waals surface area contributed by atoms with E-state index in [9.17, 15) is 9.18 Å². The van der Waals surface area contributed by atoms with Crippen molar-refractivity contribution in [3.05, 3.63) is 35.6 Å². The van der Waals surface area contributed by atoms with E-state index in [1.165, 1.54) is 25.0 Å². The highest BCUT2D eigenvalue weighted by Gasteiger charge is 2.46. The molecule has 3 rings (SSSR count). The maximum atomic E-state index is 12.9. The van der Waals surface area contributed by atoms with Gasteiger partial charge in [-0.2, -0.15) is 0 Å². The molecule has 2 aliphatic carbocycles. The van der Waals surface area contributed by atoms with E-state index in [0.29, 0.717) is 11.8 Å². The van der Waals surface area contributed by atoms with Crippen molar-refractivity contribution in [2.24, 2.45) is 11.8 Å². The van der Waals surface area contributed by atoms with Gasteiger partial charge in [0.05, 0.1) is 0 Å². The van der Waals surface area contributed by atoms with Crippen LogP contribution in [0, 0.1) is 17.7 Å². The Hall–Kier alpha value is -1.38. The van der Waals surface area contributed by atoms with Gasteiger partial charge in [-0.3, -0.25) is 4.79 Å². The summed E-state index contributed by atoms with van der Waals surface area (Å²) in [6.45, 7) is 3.94. The molecule has 2 aliphatic rings. The summed E-state index contributed by atoms with van der Waals surface area (Å²) in [5.74, 6) is 1.28. The molecule has 0 N–H and O–H groups in total. The van der Waals surface area contributed by atoms with Gasteiger partial charge in [0, 0.05) is 19.0 Å². The lowest BCUT2D eigenvalue weighted by molar-refractivity contribution is -0.133. The molecule has 0 saturated heterocycles. The van der Waals surface area contributed by atoms with Crippen LogP contribution in [0.15, 0.2) is 24.3 Å². The molecule has 2 unspecified atom stereocenters. The highest BCUT2D eigenvalue weighted by atomic mass is 19.1. The monoisotopic (exact) mass is 275 g/mol. The molecule has 2 nitrogen and oxygen atoms in total. The van der Waals surface area contributed by atoms with Gasteiger partial charge in [-0.1, -0.05) is 19.1 Å². The van der Waals surface area contributed by atoms with Crippen molar-refractivity contribution in [1.82, 2.24) is 4.90 Å². The average molecular weight is 275 g/mol. The zero-order chi connectivity index (χ0) is 14.1. The van der Waals surface area contributed by atoms with Gasteiger partial charge in [0.15, 0.2) is 0 Å². The molecular weight excluding hydrogens is 253 g/mol. The second kappa shape index (κ2) is 5.55. The maximum absolute atomic E-state index is 12.9. The largest absolute Gasteiger partial charge is 0.342 e. The molecule has 2 fully saturated rings. The Morgan fingerprint density at radius 1 is 1.30 bits per heavy atom. The van der Waals surface area contributed by atoms with Crippen LogP contribution < -0.4 is 0 Å². The molecule has 0 aromatic heterocycles.